The van der Waals surface area contributed by atoms with E-state index in [9.17, 15) is 17.6 Å². The van der Waals surface area contributed by atoms with Crippen molar-refractivity contribution < 1.29 is 17.6 Å². The third kappa shape index (κ3) is 5.86. The summed E-state index contributed by atoms with van der Waals surface area (Å²) in [4.78, 5) is 0. The molecule has 4 aromatic rings. The molecule has 0 fully saturated rings. The molecule has 0 aliphatic heterocycles. The van der Waals surface area contributed by atoms with Gasteiger partial charge in [0.05, 0.1) is 23.8 Å². The second-order valence-corrected chi connectivity index (χ2v) is 7.23. The van der Waals surface area contributed by atoms with Crippen molar-refractivity contribution in [2.45, 2.75) is 0 Å². The fraction of sp³-hybridized carbons (Fsp3) is 0. The van der Waals surface area contributed by atoms with Crippen LogP contribution in [0.15, 0.2) is 95.1 Å². The SMILES string of the molecule is Fc1ccc(F)c(N/N=C/c2ccc(-c3ccc(/C=N/Nc4cc(F)ccc4F)cc3)cc2)c1. The van der Waals surface area contributed by atoms with E-state index in [2.05, 4.69) is 21.1 Å². The molecule has 0 aromatic heterocycles. The maximum atomic E-state index is 13.6. The minimum atomic E-state index is -0.598. The Hall–Kier alpha value is -4.46. The minimum Gasteiger partial charge on any atom is -0.275 e. The standard InChI is InChI=1S/C26H18F4N4/c27-21-9-11-23(29)25(13-21)33-31-15-17-1-5-19(6-2-17)20-7-3-18(4-8-20)16-32-34-26-14-22(28)10-12-24(26)30/h1-16,33-34H/b31-15+,32-16+. The first kappa shape index (κ1) is 22.7. The molecule has 0 saturated carbocycles. The quantitative estimate of drug-likeness (QED) is 0.180. The molecule has 170 valence electrons. The van der Waals surface area contributed by atoms with E-state index < -0.39 is 23.3 Å². The van der Waals surface area contributed by atoms with Crippen molar-refractivity contribution in [2.24, 2.45) is 10.2 Å². The molecule has 0 heterocycles. The van der Waals surface area contributed by atoms with E-state index in [1.54, 1.807) is 0 Å². The molecule has 2 N–H and O–H groups in total. The molecule has 0 aliphatic carbocycles. The second kappa shape index (κ2) is 10.4. The van der Waals surface area contributed by atoms with E-state index in [0.29, 0.717) is 0 Å². The Bertz CT molecular complexity index is 1230. The first-order valence-corrected chi connectivity index (χ1v) is 10.2. The third-order valence-corrected chi connectivity index (χ3v) is 4.81. The maximum Gasteiger partial charge on any atom is 0.148 e. The Morgan fingerprint density at radius 3 is 1.26 bits per heavy atom. The van der Waals surface area contributed by atoms with Gasteiger partial charge in [-0.2, -0.15) is 10.2 Å². The average Bonchev–Trinajstić information content (AvgIpc) is 2.84. The molecule has 4 nitrogen and oxygen atoms in total. The normalized spacial score (nSPS) is 11.3. The summed E-state index contributed by atoms with van der Waals surface area (Å²) in [6.45, 7) is 0. The van der Waals surface area contributed by atoms with Crippen molar-refractivity contribution in [2.75, 3.05) is 10.9 Å². The van der Waals surface area contributed by atoms with E-state index in [1.165, 1.54) is 12.4 Å². The van der Waals surface area contributed by atoms with Crippen LogP contribution in [0.2, 0.25) is 0 Å². The van der Waals surface area contributed by atoms with Crippen LogP contribution in [0.1, 0.15) is 11.1 Å². The molecule has 0 aliphatic rings. The Morgan fingerprint density at radius 1 is 0.500 bits per heavy atom. The molecule has 0 radical (unpaired) electrons. The minimum absolute atomic E-state index is 0.0484. The van der Waals surface area contributed by atoms with Gasteiger partial charge in [0.15, 0.2) is 0 Å². The zero-order valence-corrected chi connectivity index (χ0v) is 17.6. The molecule has 0 amide bonds. The van der Waals surface area contributed by atoms with Crippen LogP contribution >= 0.6 is 0 Å². The Morgan fingerprint density at radius 2 is 0.882 bits per heavy atom. The molecule has 0 atom stereocenters. The lowest BCUT2D eigenvalue weighted by molar-refractivity contribution is 0.603. The molecule has 34 heavy (non-hydrogen) atoms. The van der Waals surface area contributed by atoms with E-state index in [-0.39, 0.29) is 11.4 Å². The number of halogens is 4. The summed E-state index contributed by atoms with van der Waals surface area (Å²) >= 11 is 0. The molecule has 8 heteroatoms. The molecular formula is C26H18F4N4. The van der Waals surface area contributed by atoms with Gasteiger partial charge in [-0.1, -0.05) is 48.5 Å². The summed E-state index contributed by atoms with van der Waals surface area (Å²) in [5.74, 6) is -2.31. The molecule has 0 saturated heterocycles. The van der Waals surface area contributed by atoms with Crippen molar-refractivity contribution >= 4 is 23.8 Å². The summed E-state index contributed by atoms with van der Waals surface area (Å²) in [7, 11) is 0. The maximum absolute atomic E-state index is 13.6. The van der Waals surface area contributed by atoms with Gasteiger partial charge in [0.2, 0.25) is 0 Å². The molecule has 0 bridgehead atoms. The van der Waals surface area contributed by atoms with Gasteiger partial charge in [0.1, 0.15) is 23.3 Å². The number of rotatable bonds is 7. The summed E-state index contributed by atoms with van der Waals surface area (Å²) in [5, 5.41) is 7.88. The first-order chi connectivity index (χ1) is 16.5. The van der Waals surface area contributed by atoms with Crippen LogP contribution in [0.4, 0.5) is 28.9 Å². The highest BCUT2D eigenvalue weighted by molar-refractivity contribution is 5.83. The second-order valence-electron chi connectivity index (χ2n) is 7.23. The molecular weight excluding hydrogens is 444 g/mol. The van der Waals surface area contributed by atoms with Crippen LogP contribution in [-0.4, -0.2) is 12.4 Å². The van der Waals surface area contributed by atoms with E-state index >= 15 is 0 Å². The van der Waals surface area contributed by atoms with E-state index in [0.717, 1.165) is 58.7 Å². The number of benzene rings is 4. The molecule has 0 spiro atoms. The zero-order valence-electron chi connectivity index (χ0n) is 17.6. The van der Waals surface area contributed by atoms with Gasteiger partial charge < -0.3 is 0 Å². The summed E-state index contributed by atoms with van der Waals surface area (Å²) in [5.41, 5.74) is 8.34. The predicted molar refractivity (Wildman–Crippen MR) is 127 cm³/mol. The van der Waals surface area contributed by atoms with Crippen LogP contribution < -0.4 is 10.9 Å². The van der Waals surface area contributed by atoms with Gasteiger partial charge in [-0.3, -0.25) is 10.9 Å². The smallest absolute Gasteiger partial charge is 0.148 e. The molecule has 0 unspecified atom stereocenters. The number of nitrogens with one attached hydrogen (secondary N) is 2. The fourth-order valence-corrected chi connectivity index (χ4v) is 3.04. The fourth-order valence-electron chi connectivity index (χ4n) is 3.04. The summed E-state index contributed by atoms with van der Waals surface area (Å²) in [6.07, 6.45) is 3.00. The van der Waals surface area contributed by atoms with Crippen LogP contribution in [0.5, 0.6) is 0 Å². The van der Waals surface area contributed by atoms with Gasteiger partial charge in [-0.25, -0.2) is 17.6 Å². The number of hydrogen-bond acceptors (Lipinski definition) is 4. The molecule has 4 aromatic carbocycles. The Balaban J connectivity index is 1.36. The van der Waals surface area contributed by atoms with Crippen molar-refractivity contribution in [1.82, 2.24) is 0 Å². The third-order valence-electron chi connectivity index (χ3n) is 4.81. The Labute approximate surface area is 193 Å². The number of nitrogens with zero attached hydrogens (tertiary/aromatic N) is 2. The van der Waals surface area contributed by atoms with Crippen molar-refractivity contribution in [1.29, 1.82) is 0 Å². The predicted octanol–water partition coefficient (Wildman–Crippen LogP) is 6.80. The lowest BCUT2D eigenvalue weighted by Crippen LogP contribution is -1.95. The Kier molecular flexibility index (Phi) is 6.98. The van der Waals surface area contributed by atoms with Crippen molar-refractivity contribution in [3.05, 3.63) is 119 Å². The number of anilines is 2. The van der Waals surface area contributed by atoms with Gasteiger partial charge >= 0.3 is 0 Å². The highest BCUT2D eigenvalue weighted by atomic mass is 19.1. The van der Waals surface area contributed by atoms with Crippen molar-refractivity contribution in [3.63, 3.8) is 0 Å². The number of hydrazone groups is 2. The zero-order chi connectivity index (χ0) is 23.9. The van der Waals surface area contributed by atoms with Crippen LogP contribution in [0.25, 0.3) is 11.1 Å². The van der Waals surface area contributed by atoms with Gasteiger partial charge in [-0.15, -0.1) is 0 Å². The van der Waals surface area contributed by atoms with Gasteiger partial charge in [0, 0.05) is 12.1 Å². The highest BCUT2D eigenvalue weighted by Gasteiger charge is 2.03. The average molecular weight is 462 g/mol. The van der Waals surface area contributed by atoms with E-state index in [4.69, 9.17) is 0 Å². The highest BCUT2D eigenvalue weighted by Crippen LogP contribution is 2.20. The topological polar surface area (TPSA) is 48.8 Å². The molecule has 4 rings (SSSR count). The monoisotopic (exact) mass is 462 g/mol. The summed E-state index contributed by atoms with van der Waals surface area (Å²) < 4.78 is 53.6. The first-order valence-electron chi connectivity index (χ1n) is 10.2. The van der Waals surface area contributed by atoms with Crippen LogP contribution in [0.3, 0.4) is 0 Å². The van der Waals surface area contributed by atoms with Gasteiger partial charge in [-0.05, 0) is 46.5 Å². The van der Waals surface area contributed by atoms with Crippen LogP contribution in [0, 0.1) is 23.3 Å². The van der Waals surface area contributed by atoms with Gasteiger partial charge in [0.25, 0.3) is 0 Å². The van der Waals surface area contributed by atoms with Crippen molar-refractivity contribution in [3.8, 4) is 11.1 Å². The van der Waals surface area contributed by atoms with E-state index in [1.807, 2.05) is 48.5 Å². The number of hydrogen-bond donors (Lipinski definition) is 2. The summed E-state index contributed by atoms with van der Waals surface area (Å²) in [6, 6.07) is 21.2. The lowest BCUT2D eigenvalue weighted by atomic mass is 10.0. The largest absolute Gasteiger partial charge is 0.275 e. The van der Waals surface area contributed by atoms with Crippen LogP contribution in [-0.2, 0) is 0 Å². The lowest BCUT2D eigenvalue weighted by Gasteiger charge is -2.04.